The van der Waals surface area contributed by atoms with E-state index in [1.165, 1.54) is 4.90 Å². The third-order valence-corrected chi connectivity index (χ3v) is 5.70. The smallest absolute Gasteiger partial charge is 0.415 e. The Balaban J connectivity index is 0.00000260. The monoisotopic (exact) mass is 548 g/mol. The number of alkyl halides is 1. The van der Waals surface area contributed by atoms with Crippen molar-refractivity contribution in [1.82, 2.24) is 4.98 Å². The predicted molar refractivity (Wildman–Crippen MR) is 153 cm³/mol. The van der Waals surface area contributed by atoms with Crippen molar-refractivity contribution in [3.05, 3.63) is 88.2 Å². The van der Waals surface area contributed by atoms with Gasteiger partial charge in [0.2, 0.25) is 0 Å². The molecule has 1 amide bonds. The van der Waals surface area contributed by atoms with Gasteiger partial charge in [0.1, 0.15) is 24.6 Å². The van der Waals surface area contributed by atoms with Crippen LogP contribution in [0.2, 0.25) is 0 Å². The quantitative estimate of drug-likeness (QED) is 0.276. The molecule has 0 aliphatic heterocycles. The van der Waals surface area contributed by atoms with Crippen LogP contribution in [0.1, 0.15) is 68.1 Å². The minimum Gasteiger partial charge on any atom is -0.487 e. The molecule has 0 fully saturated rings. The molecule has 0 radical (unpaired) electrons. The Labute approximate surface area is 232 Å². The van der Waals surface area contributed by atoms with Crippen molar-refractivity contribution in [2.24, 2.45) is 0 Å². The number of hydrogen-bond acceptors (Lipinski definition) is 6. The number of halogens is 1. The number of pyridine rings is 1. The van der Waals surface area contributed by atoms with Gasteiger partial charge in [0.25, 0.3) is 0 Å². The van der Waals surface area contributed by atoms with Crippen LogP contribution in [0.5, 0.6) is 5.75 Å². The van der Waals surface area contributed by atoms with Crippen LogP contribution in [0.25, 0.3) is 0 Å². The molecular weight excluding hydrogens is 514 g/mol. The molecule has 0 bridgehead atoms. The van der Waals surface area contributed by atoms with Crippen LogP contribution < -0.4 is 9.64 Å². The van der Waals surface area contributed by atoms with Gasteiger partial charge in [-0.3, -0.25) is 9.88 Å². The molecule has 0 aliphatic carbocycles. The number of nitriles is 2. The minimum atomic E-state index is -0.835. The lowest BCUT2D eigenvalue weighted by Gasteiger charge is -2.28. The molecule has 0 aliphatic rings. The summed E-state index contributed by atoms with van der Waals surface area (Å²) in [7, 11) is 2.56. The molecule has 0 saturated heterocycles. The average molecular weight is 549 g/mol. The number of carbonyl (C=O) groups is 1. The molecule has 0 saturated carbocycles. The maximum atomic E-state index is 14.5. The summed E-state index contributed by atoms with van der Waals surface area (Å²) in [5, 5.41) is 18.3. The molecule has 1 unspecified atom stereocenters. The number of ether oxygens (including phenoxy) is 2. The second-order valence-electron chi connectivity index (χ2n) is 9.20. The minimum absolute atomic E-state index is 0.0233. The fraction of sp³-hybridized carbons (Fsp3) is 0.333. The van der Waals surface area contributed by atoms with E-state index in [0.717, 1.165) is 5.56 Å². The second kappa shape index (κ2) is 14.8. The summed E-state index contributed by atoms with van der Waals surface area (Å²) in [6.45, 7) is 8.55. The molecule has 3 aromatic rings. The zero-order valence-corrected chi connectivity index (χ0v) is 24.1. The molecule has 0 spiro atoms. The molecule has 1 aromatic heterocycles. The maximum absolute atomic E-state index is 14.5. The number of carbonyl (C=O) groups excluding carboxylic acids is 1. The molecule has 39 heavy (non-hydrogen) atoms. The van der Waals surface area contributed by atoms with Gasteiger partial charge in [0.15, 0.2) is 0 Å². The van der Waals surface area contributed by atoms with E-state index in [-0.39, 0.29) is 18.7 Å². The van der Waals surface area contributed by atoms with E-state index in [1.54, 1.807) is 69.4 Å². The maximum Gasteiger partial charge on any atom is 0.415 e. The van der Waals surface area contributed by atoms with Crippen molar-refractivity contribution >= 4 is 21.0 Å². The van der Waals surface area contributed by atoms with Crippen LogP contribution in [0.3, 0.4) is 0 Å². The number of amides is 1. The molecule has 7 nitrogen and oxygen atoms in total. The fourth-order valence-electron chi connectivity index (χ4n) is 3.56. The Morgan fingerprint density at radius 2 is 1.74 bits per heavy atom. The first-order valence-corrected chi connectivity index (χ1v) is 13.4. The van der Waals surface area contributed by atoms with Crippen LogP contribution in [-0.2, 0) is 30.7 Å². The summed E-state index contributed by atoms with van der Waals surface area (Å²) in [5.74, 6) is 0.307. The van der Waals surface area contributed by atoms with Crippen LogP contribution >= 0.6 is 9.24 Å². The summed E-state index contributed by atoms with van der Waals surface area (Å²) in [5.41, 5.74) is 2.74. The lowest BCUT2D eigenvalue weighted by molar-refractivity contribution is 0.0577. The highest BCUT2D eigenvalue weighted by Crippen LogP contribution is 2.31. The first-order valence-electron chi connectivity index (χ1n) is 12.6. The summed E-state index contributed by atoms with van der Waals surface area (Å²) in [6.07, 6.45) is 1.36. The fourth-order valence-corrected chi connectivity index (χ4v) is 3.85. The molecule has 1 heterocycles. The van der Waals surface area contributed by atoms with Gasteiger partial charge < -0.3 is 9.47 Å². The average Bonchev–Trinajstić information content (AvgIpc) is 2.94. The van der Waals surface area contributed by atoms with Gasteiger partial charge in [0.05, 0.1) is 35.5 Å². The largest absolute Gasteiger partial charge is 0.487 e. The molecule has 204 valence electrons. The number of rotatable bonds is 8. The standard InChI is InChI=1S/C28H28FN4O3P.C2H6/c1-28(2,3)36-27(34)33(23-9-7-19(13-30)8-10-23)16-22-15-32-25(18-37)26(24(22)12-29)35-17-21-6-4-5-20(11-21)14-31;1-2/h4-11,15H,12,16-18,37H2,1-3H3;1-2H3. The van der Waals surface area contributed by atoms with E-state index in [2.05, 4.69) is 26.4 Å². The number of hydrogen-bond donors (Lipinski definition) is 0. The highest BCUT2D eigenvalue weighted by atomic mass is 31.0. The van der Waals surface area contributed by atoms with Gasteiger partial charge in [-0.1, -0.05) is 26.0 Å². The van der Waals surface area contributed by atoms with Crippen LogP contribution in [0, 0.1) is 22.7 Å². The first-order chi connectivity index (χ1) is 18.7. The van der Waals surface area contributed by atoms with Crippen molar-refractivity contribution in [3.63, 3.8) is 0 Å². The zero-order valence-electron chi connectivity index (χ0n) is 23.0. The summed E-state index contributed by atoms with van der Waals surface area (Å²) in [4.78, 5) is 19.0. The molecule has 0 N–H and O–H groups in total. The SMILES string of the molecule is CC.CC(C)(C)OC(=O)N(Cc1cnc(CP)c(OCc2cccc(C#N)c2)c1CF)c1ccc(C#N)cc1. The van der Waals surface area contributed by atoms with Crippen molar-refractivity contribution in [1.29, 1.82) is 10.5 Å². The van der Waals surface area contributed by atoms with Crippen LogP contribution in [-0.4, -0.2) is 16.7 Å². The third-order valence-electron chi connectivity index (χ3n) is 5.32. The van der Waals surface area contributed by atoms with Gasteiger partial charge in [-0.25, -0.2) is 9.18 Å². The molecule has 1 atom stereocenters. The molecule has 3 rings (SSSR count). The van der Waals surface area contributed by atoms with E-state index < -0.39 is 18.4 Å². The van der Waals surface area contributed by atoms with E-state index in [1.807, 2.05) is 19.9 Å². The Morgan fingerprint density at radius 1 is 1.08 bits per heavy atom. The van der Waals surface area contributed by atoms with E-state index in [9.17, 15) is 9.18 Å². The Kier molecular flexibility index (Phi) is 11.9. The summed E-state index contributed by atoms with van der Waals surface area (Å²) >= 11 is 0. The Bertz CT molecular complexity index is 1340. The first kappa shape index (κ1) is 31.2. The van der Waals surface area contributed by atoms with E-state index in [4.69, 9.17) is 20.0 Å². The second-order valence-corrected chi connectivity index (χ2v) is 9.61. The number of aromatic nitrogens is 1. The lowest BCUT2D eigenvalue weighted by Crippen LogP contribution is -2.36. The van der Waals surface area contributed by atoms with Crippen LogP contribution in [0.4, 0.5) is 14.9 Å². The van der Waals surface area contributed by atoms with Crippen LogP contribution in [0.15, 0.2) is 54.7 Å². The van der Waals surface area contributed by atoms with E-state index in [0.29, 0.717) is 40.0 Å². The Morgan fingerprint density at radius 3 is 2.31 bits per heavy atom. The van der Waals surface area contributed by atoms with Gasteiger partial charge in [-0.15, -0.1) is 9.24 Å². The number of anilines is 1. The zero-order chi connectivity index (χ0) is 29.0. The predicted octanol–water partition coefficient (Wildman–Crippen LogP) is 7.22. The molecular formula is C30H34FN4O3P. The van der Waals surface area contributed by atoms with Gasteiger partial charge >= 0.3 is 6.09 Å². The highest BCUT2D eigenvalue weighted by Gasteiger charge is 2.26. The highest BCUT2D eigenvalue weighted by molar-refractivity contribution is 7.15. The third kappa shape index (κ3) is 8.77. The van der Waals surface area contributed by atoms with Gasteiger partial charge in [-0.05, 0) is 68.3 Å². The lowest BCUT2D eigenvalue weighted by atomic mass is 10.1. The molecule has 9 heteroatoms. The van der Waals surface area contributed by atoms with Crippen molar-refractivity contribution < 1.29 is 18.7 Å². The molecule has 2 aromatic carbocycles. The summed E-state index contributed by atoms with van der Waals surface area (Å²) < 4.78 is 26.1. The topological polar surface area (TPSA) is 99.2 Å². The van der Waals surface area contributed by atoms with Crippen molar-refractivity contribution in [3.8, 4) is 17.9 Å². The van der Waals surface area contributed by atoms with Gasteiger partial charge in [0, 0.05) is 23.6 Å². The van der Waals surface area contributed by atoms with Crippen molar-refractivity contribution in [2.75, 3.05) is 4.90 Å². The number of benzene rings is 2. The number of nitrogens with zero attached hydrogens (tertiary/aromatic N) is 4. The Hall–Kier alpha value is -4.00. The van der Waals surface area contributed by atoms with Crippen molar-refractivity contribution in [2.45, 2.75) is 66.2 Å². The van der Waals surface area contributed by atoms with E-state index >= 15 is 0 Å². The van der Waals surface area contributed by atoms with Gasteiger partial charge in [-0.2, -0.15) is 10.5 Å². The summed E-state index contributed by atoms with van der Waals surface area (Å²) in [6, 6.07) is 17.6. The normalized spacial score (nSPS) is 10.4.